The Morgan fingerprint density at radius 1 is 1.03 bits per heavy atom. The number of nitrogens with zero attached hydrogens (tertiary/aromatic N) is 3. The summed E-state index contributed by atoms with van der Waals surface area (Å²) in [6, 6.07) is 15.7. The van der Waals surface area contributed by atoms with E-state index in [1.54, 1.807) is 35.1 Å². The third-order valence-electron chi connectivity index (χ3n) is 4.11. The van der Waals surface area contributed by atoms with E-state index >= 15 is 0 Å². The fourth-order valence-corrected chi connectivity index (χ4v) is 3.39. The third kappa shape index (κ3) is 4.45. The summed E-state index contributed by atoms with van der Waals surface area (Å²) >= 11 is 18.2. The molecule has 9 heteroatoms. The highest BCUT2D eigenvalue weighted by Gasteiger charge is 2.17. The van der Waals surface area contributed by atoms with E-state index in [0.29, 0.717) is 38.8 Å². The molecular weight excluding hydrogens is 435 g/mol. The Bertz CT molecular complexity index is 1190. The molecular formula is C20H13Cl3N4O2. The van der Waals surface area contributed by atoms with Gasteiger partial charge in [0.2, 0.25) is 0 Å². The predicted octanol–water partition coefficient (Wildman–Crippen LogP) is 5.80. The van der Waals surface area contributed by atoms with Crippen LogP contribution in [0.2, 0.25) is 15.1 Å². The zero-order chi connectivity index (χ0) is 20.4. The minimum atomic E-state index is -0.451. The number of carbonyl (C=O) groups excluding carboxylic acids is 1. The normalized spacial score (nSPS) is 10.9. The van der Waals surface area contributed by atoms with Gasteiger partial charge in [-0.05, 0) is 29.8 Å². The molecule has 6 nitrogen and oxygen atoms in total. The van der Waals surface area contributed by atoms with Crippen molar-refractivity contribution in [3.63, 3.8) is 0 Å². The van der Waals surface area contributed by atoms with Crippen molar-refractivity contribution >= 4 is 46.5 Å². The van der Waals surface area contributed by atoms with E-state index in [2.05, 4.69) is 15.6 Å². The lowest BCUT2D eigenvalue weighted by atomic mass is 10.1. The number of benzene rings is 2. The minimum Gasteiger partial charge on any atom is -0.355 e. The first kappa shape index (κ1) is 19.5. The topological polar surface area (TPSA) is 73.0 Å². The Labute approximate surface area is 181 Å². The van der Waals surface area contributed by atoms with Gasteiger partial charge in [0.1, 0.15) is 0 Å². The lowest BCUT2D eigenvalue weighted by Gasteiger charge is -2.04. The van der Waals surface area contributed by atoms with Crippen LogP contribution in [0.5, 0.6) is 0 Å². The number of hydrogen-bond acceptors (Lipinski definition) is 4. The Balaban J connectivity index is 1.46. The predicted molar refractivity (Wildman–Crippen MR) is 113 cm³/mol. The smallest absolute Gasteiger partial charge is 0.279 e. The van der Waals surface area contributed by atoms with E-state index in [1.807, 2.05) is 24.3 Å². The van der Waals surface area contributed by atoms with Gasteiger partial charge in [-0.25, -0.2) is 0 Å². The SMILES string of the molecule is O=C(Nc1ccn(Cc2ccccc2Cl)n1)c1cc(-c2ccc(Cl)cc2Cl)on1. The van der Waals surface area contributed by atoms with E-state index in [0.717, 1.165) is 5.56 Å². The second-order valence-corrected chi connectivity index (χ2v) is 7.40. The summed E-state index contributed by atoms with van der Waals surface area (Å²) in [7, 11) is 0. The average molecular weight is 448 g/mol. The van der Waals surface area contributed by atoms with E-state index < -0.39 is 5.91 Å². The van der Waals surface area contributed by atoms with Crippen LogP contribution in [0.4, 0.5) is 5.82 Å². The average Bonchev–Trinajstić information content (AvgIpc) is 3.33. The maximum Gasteiger partial charge on any atom is 0.279 e. The molecule has 2 aromatic heterocycles. The van der Waals surface area contributed by atoms with Crippen LogP contribution in [-0.4, -0.2) is 20.8 Å². The van der Waals surface area contributed by atoms with Crippen LogP contribution >= 0.6 is 34.8 Å². The number of amides is 1. The molecule has 0 spiro atoms. The van der Waals surface area contributed by atoms with Gasteiger partial charge in [0.05, 0.1) is 11.6 Å². The fourth-order valence-electron chi connectivity index (χ4n) is 2.70. The molecule has 2 heterocycles. The third-order valence-corrected chi connectivity index (χ3v) is 5.03. The zero-order valence-corrected chi connectivity index (χ0v) is 17.0. The van der Waals surface area contributed by atoms with Crippen molar-refractivity contribution in [2.45, 2.75) is 6.54 Å². The van der Waals surface area contributed by atoms with Crippen LogP contribution in [-0.2, 0) is 6.54 Å². The first-order valence-electron chi connectivity index (χ1n) is 8.50. The zero-order valence-electron chi connectivity index (χ0n) is 14.8. The maximum absolute atomic E-state index is 12.5. The van der Waals surface area contributed by atoms with Crippen LogP contribution in [0.15, 0.2) is 65.3 Å². The summed E-state index contributed by atoms with van der Waals surface area (Å²) < 4.78 is 6.93. The number of carbonyl (C=O) groups is 1. The molecule has 0 radical (unpaired) electrons. The summed E-state index contributed by atoms with van der Waals surface area (Å²) in [4.78, 5) is 12.5. The van der Waals surface area contributed by atoms with Crippen molar-refractivity contribution in [2.24, 2.45) is 0 Å². The Morgan fingerprint density at radius 3 is 2.66 bits per heavy atom. The number of anilines is 1. The van der Waals surface area contributed by atoms with Crippen LogP contribution < -0.4 is 5.32 Å². The van der Waals surface area contributed by atoms with Gasteiger partial charge >= 0.3 is 0 Å². The lowest BCUT2D eigenvalue weighted by molar-refractivity contribution is 0.101. The summed E-state index contributed by atoms with van der Waals surface area (Å²) in [5, 5.41) is 12.4. The van der Waals surface area contributed by atoms with Crippen molar-refractivity contribution in [1.82, 2.24) is 14.9 Å². The first-order chi connectivity index (χ1) is 14.0. The maximum atomic E-state index is 12.5. The molecule has 4 aromatic rings. The van der Waals surface area contributed by atoms with Crippen molar-refractivity contribution in [2.75, 3.05) is 5.32 Å². The molecule has 146 valence electrons. The van der Waals surface area contributed by atoms with Crippen LogP contribution in [0.3, 0.4) is 0 Å². The number of nitrogens with one attached hydrogen (secondary N) is 1. The van der Waals surface area contributed by atoms with E-state index in [9.17, 15) is 4.79 Å². The molecule has 0 aliphatic heterocycles. The van der Waals surface area contributed by atoms with E-state index in [-0.39, 0.29) is 5.69 Å². The van der Waals surface area contributed by atoms with Gasteiger partial charge in [0.25, 0.3) is 5.91 Å². The van der Waals surface area contributed by atoms with Crippen molar-refractivity contribution in [3.8, 4) is 11.3 Å². The molecule has 0 saturated heterocycles. The molecule has 4 rings (SSSR count). The molecule has 0 aliphatic carbocycles. The van der Waals surface area contributed by atoms with Gasteiger partial charge in [-0.3, -0.25) is 9.48 Å². The van der Waals surface area contributed by atoms with Gasteiger partial charge in [-0.1, -0.05) is 58.2 Å². The number of halogens is 3. The van der Waals surface area contributed by atoms with Gasteiger partial charge in [-0.15, -0.1) is 0 Å². The van der Waals surface area contributed by atoms with Crippen molar-refractivity contribution in [3.05, 3.63) is 87.1 Å². The fraction of sp³-hybridized carbons (Fsp3) is 0.0500. The lowest BCUT2D eigenvalue weighted by Crippen LogP contribution is -2.13. The molecule has 0 atom stereocenters. The minimum absolute atomic E-state index is 0.103. The van der Waals surface area contributed by atoms with Crippen LogP contribution in [0.25, 0.3) is 11.3 Å². The highest BCUT2D eigenvalue weighted by atomic mass is 35.5. The van der Waals surface area contributed by atoms with Crippen molar-refractivity contribution in [1.29, 1.82) is 0 Å². The monoisotopic (exact) mass is 446 g/mol. The Kier molecular flexibility index (Phi) is 5.58. The number of hydrogen-bond donors (Lipinski definition) is 1. The largest absolute Gasteiger partial charge is 0.355 e. The quantitative estimate of drug-likeness (QED) is 0.420. The van der Waals surface area contributed by atoms with Gasteiger partial charge in [0.15, 0.2) is 17.3 Å². The molecule has 0 bridgehead atoms. The van der Waals surface area contributed by atoms with Gasteiger partial charge in [-0.2, -0.15) is 5.10 Å². The summed E-state index contributed by atoms with van der Waals surface area (Å²) in [6.45, 7) is 0.485. The Hall–Kier alpha value is -2.80. The van der Waals surface area contributed by atoms with Crippen LogP contribution in [0, 0.1) is 0 Å². The molecule has 1 amide bonds. The first-order valence-corrected chi connectivity index (χ1v) is 9.63. The molecule has 29 heavy (non-hydrogen) atoms. The van der Waals surface area contributed by atoms with Crippen molar-refractivity contribution < 1.29 is 9.32 Å². The van der Waals surface area contributed by atoms with Gasteiger partial charge in [0, 0.05) is 33.9 Å². The highest BCUT2D eigenvalue weighted by molar-refractivity contribution is 6.36. The molecule has 1 N–H and O–H groups in total. The molecule has 2 aromatic carbocycles. The van der Waals surface area contributed by atoms with E-state index in [4.69, 9.17) is 39.3 Å². The summed E-state index contributed by atoms with van der Waals surface area (Å²) in [5.74, 6) is 0.297. The van der Waals surface area contributed by atoms with E-state index in [1.165, 1.54) is 6.07 Å². The summed E-state index contributed by atoms with van der Waals surface area (Å²) in [6.07, 6.45) is 1.75. The molecule has 0 fully saturated rings. The van der Waals surface area contributed by atoms with Crippen LogP contribution in [0.1, 0.15) is 16.1 Å². The second kappa shape index (κ2) is 8.29. The standard InChI is InChI=1S/C20H13Cl3N4O2/c21-13-5-6-14(16(23)9-13)18-10-17(26-29-18)20(28)24-19-7-8-27(25-19)11-12-3-1-2-4-15(12)22/h1-10H,11H2,(H,24,25,28). The molecule has 0 unspecified atom stereocenters. The Morgan fingerprint density at radius 2 is 1.86 bits per heavy atom. The highest BCUT2D eigenvalue weighted by Crippen LogP contribution is 2.30. The number of aromatic nitrogens is 3. The second-order valence-electron chi connectivity index (χ2n) is 6.14. The molecule has 0 aliphatic rings. The number of rotatable bonds is 5. The molecule has 0 saturated carbocycles. The van der Waals surface area contributed by atoms with Gasteiger partial charge < -0.3 is 9.84 Å². The summed E-state index contributed by atoms with van der Waals surface area (Å²) in [5.41, 5.74) is 1.62.